The second kappa shape index (κ2) is 5.85. The standard InChI is InChI=1S/C13H12ClFN2O2S/c1-7(2)5-17-11-3-8(14)9(15)4-10(11)16-13(17)20-6-12(18)19/h3-4H,1,5-6H2,2H3,(H,18,19). The zero-order chi connectivity index (χ0) is 14.9. The van der Waals surface area contributed by atoms with Gasteiger partial charge in [0.25, 0.3) is 0 Å². The van der Waals surface area contributed by atoms with Crippen LogP contribution in [0.4, 0.5) is 4.39 Å². The maximum atomic E-state index is 13.5. The molecule has 0 saturated carbocycles. The van der Waals surface area contributed by atoms with Gasteiger partial charge in [-0.05, 0) is 13.0 Å². The SMILES string of the molecule is C=C(C)Cn1c(SCC(=O)O)nc2cc(F)c(Cl)cc21. The summed E-state index contributed by atoms with van der Waals surface area (Å²) in [5.74, 6) is -1.60. The first-order valence-electron chi connectivity index (χ1n) is 5.72. The summed E-state index contributed by atoms with van der Waals surface area (Å²) in [6, 6.07) is 2.74. The lowest BCUT2D eigenvalue weighted by molar-refractivity contribution is -0.133. The zero-order valence-electron chi connectivity index (χ0n) is 10.7. The molecule has 0 fully saturated rings. The van der Waals surface area contributed by atoms with Gasteiger partial charge in [-0.3, -0.25) is 4.79 Å². The fraction of sp³-hybridized carbons (Fsp3) is 0.231. The van der Waals surface area contributed by atoms with E-state index in [0.29, 0.717) is 22.7 Å². The molecule has 1 heterocycles. The number of aliphatic carboxylic acids is 1. The highest BCUT2D eigenvalue weighted by Crippen LogP contribution is 2.28. The van der Waals surface area contributed by atoms with Crippen LogP contribution in [0.1, 0.15) is 6.92 Å². The molecule has 0 aliphatic carbocycles. The van der Waals surface area contributed by atoms with Gasteiger partial charge in [-0.25, -0.2) is 9.37 Å². The molecule has 0 atom stereocenters. The van der Waals surface area contributed by atoms with E-state index in [9.17, 15) is 9.18 Å². The second-order valence-corrected chi connectivity index (χ2v) is 5.72. The number of hydrogen-bond donors (Lipinski definition) is 1. The van der Waals surface area contributed by atoms with Gasteiger partial charge in [0.2, 0.25) is 0 Å². The second-order valence-electron chi connectivity index (χ2n) is 4.38. The third-order valence-electron chi connectivity index (χ3n) is 2.51. The molecule has 2 rings (SSSR count). The highest BCUT2D eigenvalue weighted by molar-refractivity contribution is 7.99. The number of hydrogen-bond acceptors (Lipinski definition) is 3. The minimum atomic E-state index is -0.937. The molecule has 1 aromatic heterocycles. The van der Waals surface area contributed by atoms with Gasteiger partial charge < -0.3 is 9.67 Å². The minimum Gasteiger partial charge on any atom is -0.481 e. The number of rotatable bonds is 5. The van der Waals surface area contributed by atoms with Crippen LogP contribution in [0.15, 0.2) is 29.4 Å². The topological polar surface area (TPSA) is 55.1 Å². The average molecular weight is 315 g/mol. The van der Waals surface area contributed by atoms with Crippen LogP contribution in [0, 0.1) is 5.82 Å². The number of thioether (sulfide) groups is 1. The highest BCUT2D eigenvalue weighted by Gasteiger charge is 2.15. The molecule has 0 bridgehead atoms. The Morgan fingerprint density at radius 2 is 2.30 bits per heavy atom. The molecule has 1 aromatic carbocycles. The number of carbonyl (C=O) groups is 1. The average Bonchev–Trinajstić information content (AvgIpc) is 2.65. The van der Waals surface area contributed by atoms with Gasteiger partial charge >= 0.3 is 5.97 Å². The monoisotopic (exact) mass is 314 g/mol. The number of aromatic nitrogens is 2. The van der Waals surface area contributed by atoms with E-state index in [4.69, 9.17) is 16.7 Å². The lowest BCUT2D eigenvalue weighted by Gasteiger charge is -2.08. The normalized spacial score (nSPS) is 10.9. The van der Waals surface area contributed by atoms with Crippen LogP contribution in [0.2, 0.25) is 5.02 Å². The van der Waals surface area contributed by atoms with Crippen molar-refractivity contribution in [3.05, 3.63) is 35.1 Å². The lowest BCUT2D eigenvalue weighted by atomic mass is 10.3. The first-order valence-corrected chi connectivity index (χ1v) is 7.09. The molecule has 106 valence electrons. The third-order valence-corrected chi connectivity index (χ3v) is 3.76. The highest BCUT2D eigenvalue weighted by atomic mass is 35.5. The Morgan fingerprint density at radius 1 is 1.60 bits per heavy atom. The molecule has 20 heavy (non-hydrogen) atoms. The van der Waals surface area contributed by atoms with Crippen LogP contribution in [-0.2, 0) is 11.3 Å². The van der Waals surface area contributed by atoms with E-state index in [1.54, 1.807) is 4.57 Å². The Kier molecular flexibility index (Phi) is 4.35. The van der Waals surface area contributed by atoms with Crippen molar-refractivity contribution in [2.24, 2.45) is 0 Å². The molecule has 0 unspecified atom stereocenters. The van der Waals surface area contributed by atoms with Crippen molar-refractivity contribution in [1.29, 1.82) is 0 Å². The molecule has 0 spiro atoms. The predicted octanol–water partition coefficient (Wildman–Crippen LogP) is 3.58. The van der Waals surface area contributed by atoms with E-state index < -0.39 is 11.8 Å². The number of imidazole rings is 1. The van der Waals surface area contributed by atoms with E-state index in [1.807, 2.05) is 6.92 Å². The fourth-order valence-corrected chi connectivity index (χ4v) is 2.65. The summed E-state index contributed by atoms with van der Waals surface area (Å²) in [5, 5.41) is 9.27. The Balaban J connectivity index is 2.54. The Labute approximate surface area is 124 Å². The largest absolute Gasteiger partial charge is 0.481 e. The van der Waals surface area contributed by atoms with Gasteiger partial charge in [-0.2, -0.15) is 0 Å². The number of benzene rings is 1. The summed E-state index contributed by atoms with van der Waals surface area (Å²) in [5.41, 5.74) is 1.98. The molecular formula is C13H12ClFN2O2S. The summed E-state index contributed by atoms with van der Waals surface area (Å²) in [6.45, 7) is 6.15. The molecule has 1 N–H and O–H groups in total. The van der Waals surface area contributed by atoms with Crippen LogP contribution < -0.4 is 0 Å². The maximum absolute atomic E-state index is 13.5. The predicted molar refractivity (Wildman–Crippen MR) is 77.9 cm³/mol. The molecular weight excluding hydrogens is 303 g/mol. The smallest absolute Gasteiger partial charge is 0.313 e. The molecule has 4 nitrogen and oxygen atoms in total. The molecule has 0 aliphatic rings. The summed E-state index contributed by atoms with van der Waals surface area (Å²) < 4.78 is 15.3. The van der Waals surface area contributed by atoms with Gasteiger partial charge in [0.15, 0.2) is 5.16 Å². The minimum absolute atomic E-state index is 0.00940. The Morgan fingerprint density at radius 3 is 2.90 bits per heavy atom. The number of carboxylic acids is 1. The molecule has 0 radical (unpaired) electrons. The van der Waals surface area contributed by atoms with Crippen molar-refractivity contribution in [3.63, 3.8) is 0 Å². The number of allylic oxidation sites excluding steroid dienone is 1. The number of fused-ring (bicyclic) bond motifs is 1. The maximum Gasteiger partial charge on any atom is 0.313 e. The van der Waals surface area contributed by atoms with Crippen molar-refractivity contribution < 1.29 is 14.3 Å². The molecule has 0 saturated heterocycles. The molecule has 0 aliphatic heterocycles. The van der Waals surface area contributed by atoms with Gasteiger partial charge in [0, 0.05) is 12.6 Å². The van der Waals surface area contributed by atoms with Crippen molar-refractivity contribution in [2.75, 3.05) is 5.75 Å². The molecule has 2 aromatic rings. The van der Waals surface area contributed by atoms with Gasteiger partial charge in [-0.15, -0.1) is 0 Å². The van der Waals surface area contributed by atoms with E-state index in [-0.39, 0.29) is 10.8 Å². The van der Waals surface area contributed by atoms with Gasteiger partial charge in [0.05, 0.1) is 21.8 Å². The summed E-state index contributed by atoms with van der Waals surface area (Å²) in [6.07, 6.45) is 0. The van der Waals surface area contributed by atoms with E-state index in [1.165, 1.54) is 12.1 Å². The lowest BCUT2D eigenvalue weighted by Crippen LogP contribution is -2.04. The van der Waals surface area contributed by atoms with Gasteiger partial charge in [-0.1, -0.05) is 35.5 Å². The van der Waals surface area contributed by atoms with Crippen LogP contribution in [0.5, 0.6) is 0 Å². The number of carboxylic acid groups (broad SMARTS) is 1. The van der Waals surface area contributed by atoms with Crippen LogP contribution in [-0.4, -0.2) is 26.4 Å². The third kappa shape index (κ3) is 3.13. The van der Waals surface area contributed by atoms with Crippen molar-refractivity contribution in [3.8, 4) is 0 Å². The molecule has 7 heteroatoms. The summed E-state index contributed by atoms with van der Waals surface area (Å²) in [7, 11) is 0. The number of halogens is 2. The van der Waals surface area contributed by atoms with E-state index in [0.717, 1.165) is 17.3 Å². The Bertz CT molecular complexity index is 699. The first kappa shape index (κ1) is 14.9. The van der Waals surface area contributed by atoms with Gasteiger partial charge in [0.1, 0.15) is 5.82 Å². The summed E-state index contributed by atoms with van der Waals surface area (Å²) >= 11 is 6.87. The van der Waals surface area contributed by atoms with Crippen molar-refractivity contribution in [2.45, 2.75) is 18.6 Å². The first-order chi connectivity index (χ1) is 9.38. The zero-order valence-corrected chi connectivity index (χ0v) is 12.3. The van der Waals surface area contributed by atoms with Crippen molar-refractivity contribution in [1.82, 2.24) is 9.55 Å². The summed E-state index contributed by atoms with van der Waals surface area (Å²) in [4.78, 5) is 14.9. The van der Waals surface area contributed by atoms with Crippen LogP contribution >= 0.6 is 23.4 Å². The van der Waals surface area contributed by atoms with E-state index in [2.05, 4.69) is 11.6 Å². The number of nitrogens with zero attached hydrogens (tertiary/aromatic N) is 2. The van der Waals surface area contributed by atoms with Crippen LogP contribution in [0.25, 0.3) is 11.0 Å². The molecule has 0 amide bonds. The fourth-order valence-electron chi connectivity index (χ4n) is 1.76. The van der Waals surface area contributed by atoms with Crippen molar-refractivity contribution >= 4 is 40.4 Å². The quantitative estimate of drug-likeness (QED) is 0.677. The van der Waals surface area contributed by atoms with Crippen LogP contribution in [0.3, 0.4) is 0 Å². The van der Waals surface area contributed by atoms with E-state index >= 15 is 0 Å². The Hall–Kier alpha value is -1.53.